The Bertz CT molecular complexity index is 1220. The van der Waals surface area contributed by atoms with Crippen molar-refractivity contribution < 1.29 is 39.5 Å². The quantitative estimate of drug-likeness (QED) is 0.225. The molecule has 0 radical (unpaired) electrons. The first-order valence-corrected chi connectivity index (χ1v) is 11.6. The summed E-state index contributed by atoms with van der Waals surface area (Å²) in [5, 5.41) is 64.4. The predicted molar refractivity (Wildman–Crippen MR) is 123 cm³/mol. The summed E-state index contributed by atoms with van der Waals surface area (Å²) >= 11 is 0. The van der Waals surface area contributed by atoms with Gasteiger partial charge in [0, 0.05) is 11.1 Å². The molecule has 2 atom stereocenters. The van der Waals surface area contributed by atoms with Gasteiger partial charge in [0.05, 0.1) is 53.5 Å². The highest BCUT2D eigenvalue weighted by atomic mass is 33.1. The number of hydrogen-bond acceptors (Lipinski definition) is 12. The lowest BCUT2D eigenvalue weighted by Crippen LogP contribution is -2.11. The number of nitrogens with zero attached hydrogens (tertiary/aromatic N) is 4. The molecular weight excluding hydrogens is 528 g/mol. The number of rotatable bonds is 11. The average Bonchev–Trinajstić information content (AvgIpc) is 2.79. The highest BCUT2D eigenvalue weighted by Gasteiger charge is 2.33. The van der Waals surface area contributed by atoms with E-state index in [2.05, 4.69) is 0 Å². The zero-order valence-corrected chi connectivity index (χ0v) is 19.7. The van der Waals surface area contributed by atoms with Gasteiger partial charge in [0.15, 0.2) is 0 Å². The number of carboxylic acids is 2. The molecule has 0 fully saturated rings. The third-order valence-electron chi connectivity index (χ3n) is 4.90. The van der Waals surface area contributed by atoms with Gasteiger partial charge in [0.1, 0.15) is 0 Å². The van der Waals surface area contributed by atoms with E-state index in [4.69, 9.17) is 0 Å². The fourth-order valence-electron chi connectivity index (χ4n) is 2.93. The Labute approximate surface area is 207 Å². The summed E-state index contributed by atoms with van der Waals surface area (Å²) in [7, 11) is 1.01. The highest BCUT2D eigenvalue weighted by Crippen LogP contribution is 2.49. The average molecular weight is 542 g/mol. The smallest absolute Gasteiger partial charge is 0.310 e. The summed E-state index contributed by atoms with van der Waals surface area (Å²) < 4.78 is 0. The van der Waals surface area contributed by atoms with Gasteiger partial charge < -0.3 is 10.2 Å². The predicted octanol–water partition coefficient (Wildman–Crippen LogP) is 4.50. The Morgan fingerprint density at radius 1 is 0.639 bits per heavy atom. The number of nitro groups is 4. The summed E-state index contributed by atoms with van der Waals surface area (Å²) in [6.45, 7) is 2.25. The summed E-state index contributed by atoms with van der Waals surface area (Å²) in [6, 6.07) is 2.95. The molecule has 2 rings (SSSR count). The monoisotopic (exact) mass is 542 g/mol. The van der Waals surface area contributed by atoms with E-state index < -0.39 is 66.2 Å². The lowest BCUT2D eigenvalue weighted by molar-refractivity contribution is -0.396. The van der Waals surface area contributed by atoms with Crippen LogP contribution >= 0.6 is 21.6 Å². The van der Waals surface area contributed by atoms with E-state index in [0.29, 0.717) is 33.7 Å². The van der Waals surface area contributed by atoms with Crippen LogP contribution in [0.15, 0.2) is 34.1 Å². The summed E-state index contributed by atoms with van der Waals surface area (Å²) in [6.07, 6.45) is 0. The molecule has 36 heavy (non-hydrogen) atoms. The van der Waals surface area contributed by atoms with Crippen molar-refractivity contribution in [3.63, 3.8) is 0 Å². The SMILES string of the molecule is CC(C(=O)O)c1cc(SSc2cc(C(C)C(=O)O)c([N+](=O)[O-])cc2[N+](=O)[O-])c([N+](=O)[O-])cc1[N+](=O)[O-]. The van der Waals surface area contributed by atoms with Crippen LogP contribution in [0.5, 0.6) is 0 Å². The molecule has 190 valence electrons. The summed E-state index contributed by atoms with van der Waals surface area (Å²) in [5.74, 6) is -5.78. The molecule has 0 aliphatic carbocycles. The largest absolute Gasteiger partial charge is 0.481 e. The van der Waals surface area contributed by atoms with Crippen molar-refractivity contribution in [3.8, 4) is 0 Å². The highest BCUT2D eigenvalue weighted by molar-refractivity contribution is 8.76. The van der Waals surface area contributed by atoms with E-state index >= 15 is 0 Å². The molecule has 2 N–H and O–H groups in total. The van der Waals surface area contributed by atoms with Gasteiger partial charge in [-0.15, -0.1) is 0 Å². The Hall–Kier alpha value is -4.32. The van der Waals surface area contributed by atoms with E-state index in [1.165, 1.54) is 0 Å². The third kappa shape index (κ3) is 5.84. The fourth-order valence-corrected chi connectivity index (χ4v) is 5.24. The van der Waals surface area contributed by atoms with E-state index in [0.717, 1.165) is 26.0 Å². The van der Waals surface area contributed by atoms with Crippen molar-refractivity contribution >= 4 is 56.3 Å². The zero-order chi connectivity index (χ0) is 27.5. The van der Waals surface area contributed by atoms with E-state index in [1.807, 2.05) is 0 Å². The number of carboxylic acid groups (broad SMARTS) is 2. The summed E-state index contributed by atoms with van der Waals surface area (Å²) in [4.78, 5) is 64.1. The number of nitro benzene ring substituents is 4. The molecule has 0 aliphatic heterocycles. The summed E-state index contributed by atoms with van der Waals surface area (Å²) in [5.41, 5.74) is -3.93. The van der Waals surface area contributed by atoms with Crippen LogP contribution in [0, 0.1) is 40.5 Å². The second-order valence-electron chi connectivity index (χ2n) is 7.07. The second-order valence-corrected chi connectivity index (χ2v) is 9.29. The van der Waals surface area contributed by atoms with Crippen LogP contribution in [0.3, 0.4) is 0 Å². The topological polar surface area (TPSA) is 247 Å². The molecule has 2 aromatic carbocycles. The van der Waals surface area contributed by atoms with Crippen molar-refractivity contribution in [1.29, 1.82) is 0 Å². The normalized spacial score (nSPS) is 12.4. The van der Waals surface area contributed by atoms with Crippen LogP contribution < -0.4 is 0 Å². The second kappa shape index (κ2) is 11.0. The molecule has 0 spiro atoms. The number of carbonyl (C=O) groups is 2. The molecule has 0 saturated heterocycles. The third-order valence-corrected chi connectivity index (χ3v) is 7.32. The van der Waals surface area contributed by atoms with Crippen LogP contribution in [0.25, 0.3) is 0 Å². The van der Waals surface area contributed by atoms with Crippen molar-refractivity contribution in [2.24, 2.45) is 0 Å². The van der Waals surface area contributed by atoms with Gasteiger partial charge in [0.25, 0.3) is 22.7 Å². The molecule has 0 bridgehead atoms. The van der Waals surface area contributed by atoms with Crippen LogP contribution in [0.2, 0.25) is 0 Å². The standard InChI is InChI=1S/C18H14N4O12S2/c1-7(17(23)24)9-3-15(13(21(31)32)5-11(9)19(27)28)35-36-16-4-10(8(2)18(25)26)12(20(29)30)6-14(16)22(33)34/h3-8H,1-2H3,(H,23,24)(H,25,26). The maximum atomic E-state index is 11.5. The van der Waals surface area contributed by atoms with E-state index in [9.17, 15) is 60.3 Å². The fraction of sp³-hybridized carbons (Fsp3) is 0.222. The van der Waals surface area contributed by atoms with Gasteiger partial charge in [-0.1, -0.05) is 0 Å². The maximum absolute atomic E-state index is 11.5. The molecule has 0 aromatic heterocycles. The number of aliphatic carboxylic acids is 2. The first-order chi connectivity index (χ1) is 16.7. The molecule has 16 nitrogen and oxygen atoms in total. The minimum atomic E-state index is -1.45. The minimum Gasteiger partial charge on any atom is -0.481 e. The number of hydrogen-bond donors (Lipinski definition) is 2. The van der Waals surface area contributed by atoms with Gasteiger partial charge in [0.2, 0.25) is 0 Å². The van der Waals surface area contributed by atoms with Crippen molar-refractivity contribution in [2.45, 2.75) is 35.5 Å². The lowest BCUT2D eigenvalue weighted by Gasteiger charge is -2.12. The maximum Gasteiger partial charge on any atom is 0.310 e. The van der Waals surface area contributed by atoms with Crippen LogP contribution in [-0.2, 0) is 9.59 Å². The van der Waals surface area contributed by atoms with Gasteiger partial charge in [-0.3, -0.25) is 50.0 Å². The van der Waals surface area contributed by atoms with Gasteiger partial charge in [-0.2, -0.15) is 0 Å². The Balaban J connectivity index is 2.69. The first-order valence-electron chi connectivity index (χ1n) is 9.40. The molecule has 0 aliphatic rings. The van der Waals surface area contributed by atoms with Gasteiger partial charge in [-0.25, -0.2) is 0 Å². The van der Waals surface area contributed by atoms with Crippen molar-refractivity contribution in [3.05, 3.63) is 75.8 Å². The van der Waals surface area contributed by atoms with Gasteiger partial charge in [-0.05, 0) is 47.6 Å². The van der Waals surface area contributed by atoms with Crippen molar-refractivity contribution in [1.82, 2.24) is 0 Å². The van der Waals surface area contributed by atoms with Gasteiger partial charge >= 0.3 is 11.9 Å². The molecule has 18 heteroatoms. The Morgan fingerprint density at radius 2 is 0.917 bits per heavy atom. The minimum absolute atomic E-state index is 0.292. The molecule has 0 heterocycles. The van der Waals surface area contributed by atoms with E-state index in [-0.39, 0.29) is 20.9 Å². The first kappa shape index (κ1) is 27.9. The number of benzene rings is 2. The molecule has 0 saturated carbocycles. The lowest BCUT2D eigenvalue weighted by atomic mass is 9.99. The molecular formula is C18H14N4O12S2. The molecule has 0 amide bonds. The van der Waals surface area contributed by atoms with Crippen LogP contribution in [0.4, 0.5) is 22.7 Å². The Morgan fingerprint density at radius 3 is 1.14 bits per heavy atom. The van der Waals surface area contributed by atoms with Crippen molar-refractivity contribution in [2.75, 3.05) is 0 Å². The molecule has 2 aromatic rings. The molecule has 2 unspecified atom stereocenters. The Kier molecular flexibility index (Phi) is 8.49. The van der Waals surface area contributed by atoms with Crippen LogP contribution in [0.1, 0.15) is 36.8 Å². The van der Waals surface area contributed by atoms with E-state index in [1.54, 1.807) is 0 Å². The van der Waals surface area contributed by atoms with Crippen LogP contribution in [-0.4, -0.2) is 41.8 Å². The zero-order valence-electron chi connectivity index (χ0n) is 18.0.